The van der Waals surface area contributed by atoms with E-state index in [9.17, 15) is 18.3 Å². The van der Waals surface area contributed by atoms with Crippen LogP contribution in [-0.2, 0) is 16.4 Å². The average molecular weight is 538 g/mol. The Balaban J connectivity index is 1.77. The van der Waals surface area contributed by atoms with Gasteiger partial charge in [-0.15, -0.1) is 0 Å². The van der Waals surface area contributed by atoms with E-state index < -0.39 is 22.2 Å². The average Bonchev–Trinajstić information content (AvgIpc) is 2.93. The van der Waals surface area contributed by atoms with Gasteiger partial charge in [-0.25, -0.2) is 8.42 Å². The molecular weight excluding hydrogens is 498 g/mol. The molecule has 0 aliphatic carbocycles. The zero-order valence-electron chi connectivity index (χ0n) is 22.4. The van der Waals surface area contributed by atoms with E-state index in [2.05, 4.69) is 29.7 Å². The number of carbonyl (C=O) groups excluding carboxylic acids is 1. The minimum Gasteiger partial charge on any atom is -0.390 e. The lowest BCUT2D eigenvalue weighted by Gasteiger charge is -2.27. The van der Waals surface area contributed by atoms with Crippen LogP contribution in [0.15, 0.2) is 84.9 Å². The van der Waals surface area contributed by atoms with Gasteiger partial charge in [0.2, 0.25) is 10.0 Å². The highest BCUT2D eigenvalue weighted by Crippen LogP contribution is 2.20. The molecule has 8 heteroatoms. The third-order valence-corrected chi connectivity index (χ3v) is 8.58. The van der Waals surface area contributed by atoms with Crippen LogP contribution < -0.4 is 14.9 Å². The first kappa shape index (κ1) is 29.4. The van der Waals surface area contributed by atoms with Crippen LogP contribution in [0.5, 0.6) is 0 Å². The molecule has 0 aliphatic heterocycles. The van der Waals surface area contributed by atoms with E-state index in [1.807, 2.05) is 55.5 Å². The molecule has 3 aromatic rings. The molecule has 3 aromatic carbocycles. The summed E-state index contributed by atoms with van der Waals surface area (Å²) in [4.78, 5) is 13.3. The maximum absolute atomic E-state index is 13.3. The third-order valence-electron chi connectivity index (χ3n) is 6.61. The predicted molar refractivity (Wildman–Crippen MR) is 154 cm³/mol. The molecule has 0 saturated carbocycles. The van der Waals surface area contributed by atoms with Gasteiger partial charge in [0.05, 0.1) is 23.6 Å². The van der Waals surface area contributed by atoms with E-state index in [0.717, 1.165) is 17.5 Å². The molecule has 0 radical (unpaired) electrons. The molecule has 0 fully saturated rings. The predicted octanol–water partition coefficient (Wildman–Crippen LogP) is 4.31. The third kappa shape index (κ3) is 8.15. The first-order valence-electron chi connectivity index (χ1n) is 13.1. The maximum atomic E-state index is 13.3. The molecule has 204 valence electrons. The van der Waals surface area contributed by atoms with E-state index >= 15 is 0 Å². The Bertz CT molecular complexity index is 1250. The van der Waals surface area contributed by atoms with Gasteiger partial charge in [0, 0.05) is 25.2 Å². The van der Waals surface area contributed by atoms with Crippen LogP contribution >= 0.6 is 0 Å². The molecule has 0 aromatic heterocycles. The van der Waals surface area contributed by atoms with Crippen LogP contribution in [0.25, 0.3) is 0 Å². The van der Waals surface area contributed by atoms with Crippen molar-refractivity contribution in [2.45, 2.75) is 51.3 Å². The van der Waals surface area contributed by atoms with E-state index in [4.69, 9.17) is 0 Å². The molecule has 0 heterocycles. The fraction of sp³-hybridized carbons (Fsp3) is 0.367. The van der Waals surface area contributed by atoms with E-state index in [1.165, 1.54) is 11.4 Å². The van der Waals surface area contributed by atoms with Crippen molar-refractivity contribution in [1.29, 1.82) is 0 Å². The molecule has 0 saturated heterocycles. The fourth-order valence-electron chi connectivity index (χ4n) is 4.39. The molecule has 3 atom stereocenters. The number of aliphatic hydroxyl groups is 1. The largest absolute Gasteiger partial charge is 0.390 e. The number of aliphatic hydroxyl groups excluding tert-OH is 1. The second-order valence-corrected chi connectivity index (χ2v) is 11.6. The molecule has 38 heavy (non-hydrogen) atoms. The summed E-state index contributed by atoms with van der Waals surface area (Å²) in [6, 6.07) is 25.8. The van der Waals surface area contributed by atoms with E-state index in [1.54, 1.807) is 24.3 Å². The number of carbonyl (C=O) groups is 1. The minimum atomic E-state index is -3.47. The number of benzene rings is 3. The van der Waals surface area contributed by atoms with Crippen LogP contribution in [0, 0.1) is 0 Å². The van der Waals surface area contributed by atoms with Crippen molar-refractivity contribution in [3.63, 3.8) is 0 Å². The number of nitrogens with zero attached hydrogens (tertiary/aromatic N) is 1. The highest BCUT2D eigenvalue weighted by Gasteiger charge is 2.24. The topological polar surface area (TPSA) is 98.7 Å². The number of nitrogens with one attached hydrogen (secondary N) is 2. The Morgan fingerprint density at radius 2 is 1.61 bits per heavy atom. The number of amides is 1. The van der Waals surface area contributed by atoms with Crippen LogP contribution in [0.3, 0.4) is 0 Å². The van der Waals surface area contributed by atoms with Crippen molar-refractivity contribution < 1.29 is 18.3 Å². The van der Waals surface area contributed by atoms with Crippen molar-refractivity contribution in [3.05, 3.63) is 102 Å². The molecule has 1 amide bonds. The summed E-state index contributed by atoms with van der Waals surface area (Å²) in [6.07, 6.45) is 0.950. The van der Waals surface area contributed by atoms with Gasteiger partial charge in [-0.3, -0.25) is 9.10 Å². The number of hydrogen-bond donors (Lipinski definition) is 3. The first-order valence-corrected chi connectivity index (χ1v) is 14.7. The molecule has 3 N–H and O–H groups in total. The normalized spacial score (nSPS) is 13.9. The summed E-state index contributed by atoms with van der Waals surface area (Å²) in [5, 5.41) is 17.6. The van der Waals surface area contributed by atoms with Gasteiger partial charge >= 0.3 is 0 Å². The quantitative estimate of drug-likeness (QED) is 0.285. The molecular formula is C30H39N3O4S. The molecule has 7 nitrogen and oxygen atoms in total. The number of hydrogen-bond acceptors (Lipinski definition) is 5. The van der Waals surface area contributed by atoms with Gasteiger partial charge in [-0.2, -0.15) is 0 Å². The zero-order chi connectivity index (χ0) is 27.5. The van der Waals surface area contributed by atoms with Crippen LogP contribution in [0.4, 0.5) is 5.69 Å². The van der Waals surface area contributed by atoms with Gasteiger partial charge in [-0.1, -0.05) is 80.6 Å². The standard InChI is InChI=1S/C30H39N3O4S/c1-4-19-38(36,37)33(3)26-18-12-17-25(21-26)30(35)32-28(20-23-13-8-6-9-14-23)29(34)22-31-27(5-2)24-15-10-7-11-16-24/h6-18,21,27-29,31,34H,4-5,19-20,22H2,1-3H3,(H,32,35)/t27-,28-,29+/m0/s1. The van der Waals surface area contributed by atoms with Gasteiger partial charge < -0.3 is 15.7 Å². The lowest BCUT2D eigenvalue weighted by Crippen LogP contribution is -2.49. The highest BCUT2D eigenvalue weighted by atomic mass is 32.2. The SMILES string of the molecule is CCCS(=O)(=O)N(C)c1cccc(C(=O)N[C@@H](Cc2ccccc2)[C@H](O)CN[C@@H](CC)c2ccccc2)c1. The summed E-state index contributed by atoms with van der Waals surface area (Å²) in [5.41, 5.74) is 2.88. The highest BCUT2D eigenvalue weighted by molar-refractivity contribution is 7.92. The van der Waals surface area contributed by atoms with Crippen LogP contribution in [0.1, 0.15) is 54.2 Å². The number of anilines is 1. The Labute approximate surface area is 227 Å². The Hall–Kier alpha value is -3.20. The van der Waals surface area contributed by atoms with Crippen molar-refractivity contribution in [2.24, 2.45) is 0 Å². The van der Waals surface area contributed by atoms with Gasteiger partial charge in [0.1, 0.15) is 0 Å². The summed E-state index contributed by atoms with van der Waals surface area (Å²) in [6.45, 7) is 4.19. The van der Waals surface area contributed by atoms with Crippen molar-refractivity contribution >= 4 is 21.6 Å². The minimum absolute atomic E-state index is 0.0278. The van der Waals surface area contributed by atoms with Crippen LogP contribution in [0.2, 0.25) is 0 Å². The number of sulfonamides is 1. The Morgan fingerprint density at radius 3 is 2.24 bits per heavy atom. The zero-order valence-corrected chi connectivity index (χ0v) is 23.2. The summed E-state index contributed by atoms with van der Waals surface area (Å²) >= 11 is 0. The lowest BCUT2D eigenvalue weighted by atomic mass is 9.99. The molecule has 0 aliphatic rings. The lowest BCUT2D eigenvalue weighted by molar-refractivity contribution is 0.0824. The fourth-order valence-corrected chi connectivity index (χ4v) is 5.61. The van der Waals surface area contributed by atoms with Crippen molar-refractivity contribution in [2.75, 3.05) is 23.7 Å². The van der Waals surface area contributed by atoms with E-state index in [-0.39, 0.29) is 17.7 Å². The molecule has 3 rings (SSSR count). The molecule has 0 bridgehead atoms. The Morgan fingerprint density at radius 1 is 0.947 bits per heavy atom. The van der Waals surface area contributed by atoms with Crippen molar-refractivity contribution in [3.8, 4) is 0 Å². The number of rotatable bonds is 14. The molecule has 0 unspecified atom stereocenters. The van der Waals surface area contributed by atoms with E-state index in [0.29, 0.717) is 30.6 Å². The van der Waals surface area contributed by atoms with Gasteiger partial charge in [0.25, 0.3) is 5.91 Å². The second kappa shape index (κ2) is 14.1. The molecule has 0 spiro atoms. The first-order chi connectivity index (χ1) is 18.2. The summed E-state index contributed by atoms with van der Waals surface area (Å²) in [7, 11) is -1.98. The van der Waals surface area contributed by atoms with Crippen molar-refractivity contribution in [1.82, 2.24) is 10.6 Å². The maximum Gasteiger partial charge on any atom is 0.251 e. The van der Waals surface area contributed by atoms with Gasteiger partial charge in [-0.05, 0) is 48.6 Å². The Kier molecular flexibility index (Phi) is 10.9. The summed E-state index contributed by atoms with van der Waals surface area (Å²) < 4.78 is 26.3. The smallest absolute Gasteiger partial charge is 0.251 e. The summed E-state index contributed by atoms with van der Waals surface area (Å²) in [5.74, 6) is -0.344. The monoisotopic (exact) mass is 537 g/mol. The van der Waals surface area contributed by atoms with Crippen LogP contribution in [-0.4, -0.2) is 50.9 Å². The second-order valence-electron chi connectivity index (χ2n) is 9.45. The van der Waals surface area contributed by atoms with Gasteiger partial charge in [0.15, 0.2) is 0 Å².